The fourth-order valence-electron chi connectivity index (χ4n) is 2.04. The van der Waals surface area contributed by atoms with E-state index in [1.807, 2.05) is 6.07 Å². The standard InChI is InChI=1S/C13H22N4O/c1-3-4-5-6-7-12(10(2)18)17-9-11(8-14)13(15)16-17/h9-10,12,18H,3-7H2,1-2H3,(H2,15,16). The Hall–Kier alpha value is -1.54. The van der Waals surface area contributed by atoms with E-state index < -0.39 is 6.10 Å². The molecule has 0 saturated carbocycles. The van der Waals surface area contributed by atoms with Crippen molar-refractivity contribution in [3.05, 3.63) is 11.8 Å². The molecule has 0 fully saturated rings. The molecule has 5 heteroatoms. The summed E-state index contributed by atoms with van der Waals surface area (Å²) in [6.07, 6.45) is 6.56. The van der Waals surface area contributed by atoms with Crippen molar-refractivity contribution in [1.29, 1.82) is 5.26 Å². The molecule has 0 amide bonds. The molecule has 0 aromatic carbocycles. The largest absolute Gasteiger partial charge is 0.391 e. The van der Waals surface area contributed by atoms with Gasteiger partial charge >= 0.3 is 0 Å². The molecule has 0 aliphatic carbocycles. The van der Waals surface area contributed by atoms with Crippen LogP contribution >= 0.6 is 0 Å². The van der Waals surface area contributed by atoms with Crippen molar-refractivity contribution in [2.24, 2.45) is 0 Å². The van der Waals surface area contributed by atoms with Crippen LogP contribution in [0.3, 0.4) is 0 Å². The molecule has 1 aromatic heterocycles. The highest BCUT2D eigenvalue weighted by Gasteiger charge is 2.19. The van der Waals surface area contributed by atoms with Crippen LogP contribution in [0.5, 0.6) is 0 Å². The summed E-state index contributed by atoms with van der Waals surface area (Å²) in [5.74, 6) is 0.233. The van der Waals surface area contributed by atoms with E-state index in [1.165, 1.54) is 12.8 Å². The smallest absolute Gasteiger partial charge is 0.163 e. The summed E-state index contributed by atoms with van der Waals surface area (Å²) in [5.41, 5.74) is 6.00. The molecule has 0 saturated heterocycles. The molecule has 1 rings (SSSR count). The highest BCUT2D eigenvalue weighted by Crippen LogP contribution is 2.22. The molecule has 0 spiro atoms. The van der Waals surface area contributed by atoms with Gasteiger partial charge in [0.05, 0.1) is 12.1 Å². The van der Waals surface area contributed by atoms with Crippen molar-refractivity contribution in [3.8, 4) is 6.07 Å². The Kier molecular flexibility index (Phi) is 5.66. The number of nitriles is 1. The fourth-order valence-corrected chi connectivity index (χ4v) is 2.04. The summed E-state index contributed by atoms with van der Waals surface area (Å²) in [6, 6.07) is 1.89. The summed E-state index contributed by atoms with van der Waals surface area (Å²) in [5, 5.41) is 22.8. The van der Waals surface area contributed by atoms with Crippen LogP contribution in [0.1, 0.15) is 57.6 Å². The topological polar surface area (TPSA) is 87.9 Å². The van der Waals surface area contributed by atoms with E-state index in [4.69, 9.17) is 11.0 Å². The molecule has 1 heterocycles. The fraction of sp³-hybridized carbons (Fsp3) is 0.692. The lowest BCUT2D eigenvalue weighted by molar-refractivity contribution is 0.116. The Morgan fingerprint density at radius 1 is 1.50 bits per heavy atom. The summed E-state index contributed by atoms with van der Waals surface area (Å²) in [4.78, 5) is 0. The third-order valence-electron chi connectivity index (χ3n) is 3.13. The number of hydrogen-bond acceptors (Lipinski definition) is 4. The van der Waals surface area contributed by atoms with E-state index in [9.17, 15) is 5.11 Å². The van der Waals surface area contributed by atoms with Crippen LogP contribution in [-0.4, -0.2) is 21.0 Å². The second kappa shape index (κ2) is 7.02. The first-order valence-corrected chi connectivity index (χ1v) is 6.53. The van der Waals surface area contributed by atoms with Crippen molar-refractivity contribution < 1.29 is 5.11 Å². The molecule has 2 unspecified atom stereocenters. The number of aliphatic hydroxyl groups excluding tert-OH is 1. The molecule has 18 heavy (non-hydrogen) atoms. The zero-order chi connectivity index (χ0) is 13.5. The molecular formula is C13H22N4O. The quantitative estimate of drug-likeness (QED) is 0.726. The number of unbranched alkanes of at least 4 members (excludes halogenated alkanes) is 3. The lowest BCUT2D eigenvalue weighted by Crippen LogP contribution is -2.22. The molecule has 3 N–H and O–H groups in total. The van der Waals surface area contributed by atoms with Crippen molar-refractivity contribution >= 4 is 5.82 Å². The maximum Gasteiger partial charge on any atom is 0.163 e. The average Bonchev–Trinajstić information content (AvgIpc) is 2.69. The lowest BCUT2D eigenvalue weighted by Gasteiger charge is -2.20. The van der Waals surface area contributed by atoms with Crippen LogP contribution in [0, 0.1) is 11.3 Å². The maximum atomic E-state index is 9.81. The van der Waals surface area contributed by atoms with Gasteiger partial charge in [-0.15, -0.1) is 0 Å². The molecule has 0 aliphatic rings. The Morgan fingerprint density at radius 3 is 2.72 bits per heavy atom. The number of nitrogen functional groups attached to an aromatic ring is 1. The Labute approximate surface area is 108 Å². The molecule has 0 aliphatic heterocycles. The van der Waals surface area contributed by atoms with Gasteiger partial charge < -0.3 is 10.8 Å². The minimum absolute atomic E-state index is 0.105. The molecule has 0 radical (unpaired) electrons. The van der Waals surface area contributed by atoms with E-state index in [-0.39, 0.29) is 11.9 Å². The Bertz CT molecular complexity index is 406. The van der Waals surface area contributed by atoms with E-state index in [2.05, 4.69) is 12.0 Å². The van der Waals surface area contributed by atoms with Crippen LogP contribution in [-0.2, 0) is 0 Å². The minimum Gasteiger partial charge on any atom is -0.391 e. The van der Waals surface area contributed by atoms with E-state index in [1.54, 1.807) is 17.8 Å². The lowest BCUT2D eigenvalue weighted by atomic mass is 10.0. The van der Waals surface area contributed by atoms with Crippen LogP contribution < -0.4 is 5.73 Å². The number of anilines is 1. The van der Waals surface area contributed by atoms with Gasteiger partial charge in [0, 0.05) is 6.20 Å². The van der Waals surface area contributed by atoms with Gasteiger partial charge in [0.2, 0.25) is 0 Å². The van der Waals surface area contributed by atoms with Gasteiger partial charge in [-0.2, -0.15) is 10.4 Å². The summed E-state index contributed by atoms with van der Waals surface area (Å²) < 4.78 is 1.63. The molecule has 100 valence electrons. The average molecular weight is 250 g/mol. The summed E-state index contributed by atoms with van der Waals surface area (Å²) >= 11 is 0. The van der Waals surface area contributed by atoms with Crippen molar-refractivity contribution in [2.75, 3.05) is 5.73 Å². The Balaban J connectivity index is 2.69. The normalized spacial score (nSPS) is 14.1. The first-order valence-electron chi connectivity index (χ1n) is 6.53. The van der Waals surface area contributed by atoms with Gasteiger partial charge in [0.15, 0.2) is 5.82 Å². The van der Waals surface area contributed by atoms with Gasteiger partial charge in [-0.25, -0.2) is 0 Å². The van der Waals surface area contributed by atoms with Gasteiger partial charge in [-0.1, -0.05) is 32.6 Å². The summed E-state index contributed by atoms with van der Waals surface area (Å²) in [7, 11) is 0. The zero-order valence-electron chi connectivity index (χ0n) is 11.1. The van der Waals surface area contributed by atoms with Gasteiger partial charge in [0.25, 0.3) is 0 Å². The molecule has 2 atom stereocenters. The van der Waals surface area contributed by atoms with Crippen molar-refractivity contribution in [3.63, 3.8) is 0 Å². The number of nitrogens with two attached hydrogens (primary N) is 1. The van der Waals surface area contributed by atoms with Gasteiger partial charge in [0.1, 0.15) is 11.6 Å². The van der Waals surface area contributed by atoms with Crippen molar-refractivity contribution in [2.45, 2.75) is 58.1 Å². The Morgan fingerprint density at radius 2 is 2.22 bits per heavy atom. The summed E-state index contributed by atoms with van der Waals surface area (Å²) in [6.45, 7) is 3.91. The molecule has 0 bridgehead atoms. The number of aliphatic hydroxyl groups is 1. The second-order valence-corrected chi connectivity index (χ2v) is 4.68. The number of hydrogen-bond donors (Lipinski definition) is 2. The van der Waals surface area contributed by atoms with Crippen LogP contribution in [0.2, 0.25) is 0 Å². The third kappa shape index (κ3) is 3.74. The highest BCUT2D eigenvalue weighted by molar-refractivity contribution is 5.46. The number of rotatable bonds is 7. The van der Waals surface area contributed by atoms with E-state index in [0.29, 0.717) is 5.56 Å². The minimum atomic E-state index is -0.502. The monoisotopic (exact) mass is 250 g/mol. The second-order valence-electron chi connectivity index (χ2n) is 4.68. The zero-order valence-corrected chi connectivity index (χ0v) is 11.1. The third-order valence-corrected chi connectivity index (χ3v) is 3.13. The molecular weight excluding hydrogens is 228 g/mol. The van der Waals surface area contributed by atoms with Crippen molar-refractivity contribution in [1.82, 2.24) is 9.78 Å². The van der Waals surface area contributed by atoms with Gasteiger partial charge in [-0.05, 0) is 13.3 Å². The predicted molar refractivity (Wildman–Crippen MR) is 70.8 cm³/mol. The molecule has 5 nitrogen and oxygen atoms in total. The van der Waals surface area contributed by atoms with Crippen LogP contribution in [0.15, 0.2) is 6.20 Å². The predicted octanol–water partition coefficient (Wildman–Crippen LogP) is 2.23. The number of nitrogens with zero attached hydrogens (tertiary/aromatic N) is 3. The van der Waals surface area contributed by atoms with Crippen LogP contribution in [0.25, 0.3) is 0 Å². The number of aromatic nitrogens is 2. The highest BCUT2D eigenvalue weighted by atomic mass is 16.3. The van der Waals surface area contributed by atoms with E-state index in [0.717, 1.165) is 19.3 Å². The molecule has 1 aromatic rings. The first kappa shape index (κ1) is 14.5. The van der Waals surface area contributed by atoms with Gasteiger partial charge in [-0.3, -0.25) is 4.68 Å². The van der Waals surface area contributed by atoms with Crippen LogP contribution in [0.4, 0.5) is 5.82 Å². The van der Waals surface area contributed by atoms with E-state index >= 15 is 0 Å². The SMILES string of the molecule is CCCCCCC(C(C)O)n1cc(C#N)c(N)n1. The first-order chi connectivity index (χ1) is 8.60. The maximum absolute atomic E-state index is 9.81.